The topological polar surface area (TPSA) is 30.3 Å². The largest absolute Gasteiger partial charge is 0.371 e. The lowest BCUT2D eigenvalue weighted by molar-refractivity contribution is 0.301. The number of halogens is 1. The van der Waals surface area contributed by atoms with Crippen molar-refractivity contribution in [2.24, 2.45) is 0 Å². The SMILES string of the molecule is CCN(CC)CCCN(CC)c1ccc(CCl)cc1C#N. The second-order valence-electron chi connectivity index (χ2n) is 5.06. The zero-order valence-corrected chi connectivity index (χ0v) is 14.2. The van der Waals surface area contributed by atoms with E-state index in [1.807, 2.05) is 18.2 Å². The molecule has 4 heteroatoms. The van der Waals surface area contributed by atoms with E-state index in [2.05, 4.69) is 36.6 Å². The summed E-state index contributed by atoms with van der Waals surface area (Å²) >= 11 is 5.84. The van der Waals surface area contributed by atoms with Gasteiger partial charge in [0.1, 0.15) is 6.07 Å². The van der Waals surface area contributed by atoms with Crippen LogP contribution >= 0.6 is 11.6 Å². The first-order valence-corrected chi connectivity index (χ1v) is 8.29. The minimum Gasteiger partial charge on any atom is -0.371 e. The molecule has 0 unspecified atom stereocenters. The summed E-state index contributed by atoms with van der Waals surface area (Å²) in [6.45, 7) is 11.7. The maximum atomic E-state index is 9.34. The molecule has 0 saturated carbocycles. The normalized spacial score (nSPS) is 10.7. The molecule has 0 heterocycles. The summed E-state index contributed by atoms with van der Waals surface area (Å²) in [6, 6.07) is 8.23. The van der Waals surface area contributed by atoms with Crippen LogP contribution in [0.3, 0.4) is 0 Å². The molecule has 3 nitrogen and oxygen atoms in total. The summed E-state index contributed by atoms with van der Waals surface area (Å²) in [6.07, 6.45) is 1.11. The summed E-state index contributed by atoms with van der Waals surface area (Å²) in [5.41, 5.74) is 2.74. The van der Waals surface area contributed by atoms with Crippen LogP contribution in [0.1, 0.15) is 38.3 Å². The fraction of sp³-hybridized carbons (Fsp3) is 0.588. The smallest absolute Gasteiger partial charge is 0.101 e. The highest BCUT2D eigenvalue weighted by Gasteiger charge is 2.11. The van der Waals surface area contributed by atoms with Crippen LogP contribution in [0.25, 0.3) is 0 Å². The van der Waals surface area contributed by atoms with Gasteiger partial charge in [-0.05, 0) is 50.7 Å². The van der Waals surface area contributed by atoms with E-state index in [4.69, 9.17) is 11.6 Å². The molecule has 0 radical (unpaired) electrons. The van der Waals surface area contributed by atoms with Gasteiger partial charge < -0.3 is 9.80 Å². The molecule has 0 amide bonds. The minimum absolute atomic E-state index is 0.447. The quantitative estimate of drug-likeness (QED) is 0.649. The first-order chi connectivity index (χ1) is 10.2. The van der Waals surface area contributed by atoms with E-state index < -0.39 is 0 Å². The van der Waals surface area contributed by atoms with Gasteiger partial charge in [0.15, 0.2) is 0 Å². The van der Waals surface area contributed by atoms with Gasteiger partial charge in [-0.2, -0.15) is 5.26 Å². The fourth-order valence-electron chi connectivity index (χ4n) is 2.51. The predicted octanol–water partition coefficient (Wildman–Crippen LogP) is 3.86. The summed E-state index contributed by atoms with van der Waals surface area (Å²) < 4.78 is 0. The lowest BCUT2D eigenvalue weighted by atomic mass is 10.1. The Hall–Kier alpha value is -1.24. The molecule has 0 aliphatic rings. The Morgan fingerprint density at radius 3 is 2.33 bits per heavy atom. The molecule has 116 valence electrons. The summed E-state index contributed by atoms with van der Waals surface area (Å²) in [5.74, 6) is 0.447. The van der Waals surface area contributed by atoms with Crippen LogP contribution in [0.15, 0.2) is 18.2 Å². The van der Waals surface area contributed by atoms with Crippen LogP contribution in [0.4, 0.5) is 5.69 Å². The maximum absolute atomic E-state index is 9.34. The second kappa shape index (κ2) is 9.65. The Morgan fingerprint density at radius 2 is 1.81 bits per heavy atom. The summed E-state index contributed by atoms with van der Waals surface area (Å²) in [7, 11) is 0. The number of hydrogen-bond donors (Lipinski definition) is 0. The minimum atomic E-state index is 0.447. The summed E-state index contributed by atoms with van der Waals surface area (Å²) in [4.78, 5) is 4.70. The van der Waals surface area contributed by atoms with Gasteiger partial charge in [0, 0.05) is 19.0 Å². The van der Waals surface area contributed by atoms with Crippen molar-refractivity contribution in [1.29, 1.82) is 5.26 Å². The van der Waals surface area contributed by atoms with E-state index in [1.165, 1.54) is 0 Å². The molecule has 0 fully saturated rings. The average molecular weight is 308 g/mol. The standard InChI is InChI=1S/C17H26ClN3/c1-4-20(5-2)10-7-11-21(6-3)17-9-8-15(13-18)12-16(17)14-19/h8-9,12H,4-7,10-11,13H2,1-3H3. The number of rotatable bonds is 9. The third kappa shape index (κ3) is 5.22. The van der Waals surface area contributed by atoms with E-state index in [9.17, 15) is 5.26 Å². The third-order valence-electron chi connectivity index (χ3n) is 3.85. The molecule has 0 spiro atoms. The van der Waals surface area contributed by atoms with Crippen LogP contribution in [-0.4, -0.2) is 37.6 Å². The lowest BCUT2D eigenvalue weighted by Crippen LogP contribution is -2.30. The first kappa shape index (κ1) is 17.8. The molecular weight excluding hydrogens is 282 g/mol. The number of anilines is 1. The fourth-order valence-corrected chi connectivity index (χ4v) is 2.67. The van der Waals surface area contributed by atoms with Gasteiger partial charge in [-0.25, -0.2) is 0 Å². The Labute approximate surface area is 134 Å². The van der Waals surface area contributed by atoms with Crippen LogP contribution in [0, 0.1) is 11.3 Å². The van der Waals surface area contributed by atoms with Crippen LogP contribution in [0.2, 0.25) is 0 Å². The van der Waals surface area contributed by atoms with Crippen molar-refractivity contribution in [3.05, 3.63) is 29.3 Å². The van der Waals surface area contributed by atoms with E-state index in [-0.39, 0.29) is 0 Å². The Kier molecular flexibility index (Phi) is 8.19. The highest BCUT2D eigenvalue weighted by Crippen LogP contribution is 2.22. The third-order valence-corrected chi connectivity index (χ3v) is 4.16. The van der Waals surface area contributed by atoms with Crippen molar-refractivity contribution in [2.45, 2.75) is 33.1 Å². The molecule has 1 aromatic rings. The first-order valence-electron chi connectivity index (χ1n) is 7.76. The highest BCUT2D eigenvalue weighted by molar-refractivity contribution is 6.17. The molecule has 1 rings (SSSR count). The van der Waals surface area contributed by atoms with Crippen molar-refractivity contribution in [3.8, 4) is 6.07 Å². The van der Waals surface area contributed by atoms with Gasteiger partial charge in [-0.3, -0.25) is 0 Å². The second-order valence-corrected chi connectivity index (χ2v) is 5.32. The zero-order chi connectivity index (χ0) is 15.7. The van der Waals surface area contributed by atoms with Gasteiger partial charge in [-0.15, -0.1) is 11.6 Å². The van der Waals surface area contributed by atoms with Gasteiger partial charge in [-0.1, -0.05) is 19.9 Å². The Balaban J connectivity index is 2.74. The zero-order valence-electron chi connectivity index (χ0n) is 13.4. The Bertz CT molecular complexity index is 464. The predicted molar refractivity (Wildman–Crippen MR) is 91.0 cm³/mol. The Morgan fingerprint density at radius 1 is 1.10 bits per heavy atom. The van der Waals surface area contributed by atoms with Crippen molar-refractivity contribution < 1.29 is 0 Å². The van der Waals surface area contributed by atoms with E-state index in [1.54, 1.807) is 0 Å². The molecule has 0 saturated heterocycles. The number of hydrogen-bond acceptors (Lipinski definition) is 3. The number of nitriles is 1. The van der Waals surface area contributed by atoms with Crippen molar-refractivity contribution in [3.63, 3.8) is 0 Å². The van der Waals surface area contributed by atoms with Crippen molar-refractivity contribution >= 4 is 17.3 Å². The lowest BCUT2D eigenvalue weighted by Gasteiger charge is -2.26. The molecule has 0 atom stereocenters. The molecule has 0 bridgehead atoms. The van der Waals surface area contributed by atoms with Gasteiger partial charge >= 0.3 is 0 Å². The molecule has 1 aromatic carbocycles. The van der Waals surface area contributed by atoms with E-state index in [0.717, 1.165) is 56.0 Å². The van der Waals surface area contributed by atoms with Gasteiger partial charge in [0.05, 0.1) is 11.3 Å². The van der Waals surface area contributed by atoms with Gasteiger partial charge in [0.2, 0.25) is 0 Å². The van der Waals surface area contributed by atoms with Crippen LogP contribution < -0.4 is 4.90 Å². The molecule has 0 aliphatic heterocycles. The highest BCUT2D eigenvalue weighted by atomic mass is 35.5. The van der Waals surface area contributed by atoms with Crippen LogP contribution in [0.5, 0.6) is 0 Å². The molecule has 0 aliphatic carbocycles. The molecule has 0 aromatic heterocycles. The average Bonchev–Trinajstić information content (AvgIpc) is 2.55. The van der Waals surface area contributed by atoms with Crippen LogP contribution in [-0.2, 0) is 5.88 Å². The number of alkyl halides is 1. The van der Waals surface area contributed by atoms with E-state index in [0.29, 0.717) is 5.88 Å². The van der Waals surface area contributed by atoms with E-state index >= 15 is 0 Å². The monoisotopic (exact) mass is 307 g/mol. The molecule has 21 heavy (non-hydrogen) atoms. The van der Waals surface area contributed by atoms with Crippen molar-refractivity contribution in [1.82, 2.24) is 4.90 Å². The molecular formula is C17H26ClN3. The number of nitrogens with zero attached hydrogens (tertiary/aromatic N) is 3. The molecule has 0 N–H and O–H groups in total. The number of benzene rings is 1. The maximum Gasteiger partial charge on any atom is 0.101 e. The van der Waals surface area contributed by atoms with Gasteiger partial charge in [0.25, 0.3) is 0 Å². The summed E-state index contributed by atoms with van der Waals surface area (Å²) in [5, 5.41) is 9.34. The van der Waals surface area contributed by atoms with Crippen molar-refractivity contribution in [2.75, 3.05) is 37.6 Å².